The van der Waals surface area contributed by atoms with Gasteiger partial charge in [0.25, 0.3) is 0 Å². The van der Waals surface area contributed by atoms with Crippen molar-refractivity contribution >= 4 is 23.2 Å². The van der Waals surface area contributed by atoms with Gasteiger partial charge in [-0.25, -0.2) is 0 Å². The Labute approximate surface area is 143 Å². The quantitative estimate of drug-likeness (QED) is 0.909. The standard InChI is InChI=1S/C18H25ClN2O2/c1-23-17-7-6-15(10-16(17)19)20-18(22)12-21-9-8-13-4-2-3-5-14(13)11-21/h6-7,10,13-14H,2-5,8-9,11-12H2,1H3,(H,20,22)/t13-,14-/m0/s1. The fourth-order valence-electron chi connectivity index (χ4n) is 3.97. The van der Waals surface area contributed by atoms with Crippen LogP contribution in [0.4, 0.5) is 5.69 Å². The highest BCUT2D eigenvalue weighted by Crippen LogP contribution is 2.36. The minimum Gasteiger partial charge on any atom is -0.495 e. The molecule has 1 aromatic rings. The Balaban J connectivity index is 1.52. The molecule has 0 radical (unpaired) electrons. The predicted octanol–water partition coefficient (Wildman–Crippen LogP) is 3.80. The van der Waals surface area contributed by atoms with Gasteiger partial charge in [0.2, 0.25) is 5.91 Å². The molecule has 0 spiro atoms. The lowest BCUT2D eigenvalue weighted by Gasteiger charge is -2.41. The monoisotopic (exact) mass is 336 g/mol. The van der Waals surface area contributed by atoms with Crippen molar-refractivity contribution in [3.8, 4) is 5.75 Å². The molecule has 23 heavy (non-hydrogen) atoms. The minimum atomic E-state index is 0.0282. The number of fused-ring (bicyclic) bond motifs is 1. The van der Waals surface area contributed by atoms with Crippen LogP contribution in [0.25, 0.3) is 0 Å². The van der Waals surface area contributed by atoms with Crippen LogP contribution in [0.1, 0.15) is 32.1 Å². The van der Waals surface area contributed by atoms with Crippen molar-refractivity contribution < 1.29 is 9.53 Å². The topological polar surface area (TPSA) is 41.6 Å². The first-order chi connectivity index (χ1) is 11.2. The van der Waals surface area contributed by atoms with E-state index in [0.717, 1.165) is 24.9 Å². The molecule has 0 bridgehead atoms. The molecule has 1 saturated heterocycles. The Hall–Kier alpha value is -1.26. The number of piperidine rings is 1. The number of halogens is 1. The van der Waals surface area contributed by atoms with E-state index in [0.29, 0.717) is 23.0 Å². The van der Waals surface area contributed by atoms with Crippen LogP contribution < -0.4 is 10.1 Å². The predicted molar refractivity (Wildman–Crippen MR) is 93.1 cm³/mol. The molecular weight excluding hydrogens is 312 g/mol. The molecule has 126 valence electrons. The average Bonchev–Trinajstić information content (AvgIpc) is 2.55. The van der Waals surface area contributed by atoms with Crippen LogP contribution in [0.5, 0.6) is 5.75 Å². The molecule has 5 heteroatoms. The average molecular weight is 337 g/mol. The van der Waals surface area contributed by atoms with Gasteiger partial charge in [-0.05, 0) is 49.4 Å². The summed E-state index contributed by atoms with van der Waals surface area (Å²) in [6.45, 7) is 2.58. The zero-order valence-electron chi connectivity index (χ0n) is 13.7. The van der Waals surface area contributed by atoms with Gasteiger partial charge in [-0.15, -0.1) is 0 Å². The van der Waals surface area contributed by atoms with Crippen molar-refractivity contribution in [2.24, 2.45) is 11.8 Å². The van der Waals surface area contributed by atoms with Gasteiger partial charge in [-0.1, -0.05) is 30.9 Å². The van der Waals surface area contributed by atoms with Crippen LogP contribution in [-0.2, 0) is 4.79 Å². The third-order valence-corrected chi connectivity index (χ3v) is 5.47. The molecule has 1 saturated carbocycles. The lowest BCUT2D eigenvalue weighted by molar-refractivity contribution is -0.118. The Bertz CT molecular complexity index is 564. The number of carbonyl (C=O) groups is 1. The summed E-state index contributed by atoms with van der Waals surface area (Å²) in [5.74, 6) is 2.33. The maximum absolute atomic E-state index is 12.3. The van der Waals surface area contributed by atoms with Crippen LogP contribution in [-0.4, -0.2) is 37.6 Å². The summed E-state index contributed by atoms with van der Waals surface area (Å²) in [6.07, 6.45) is 6.70. The summed E-state index contributed by atoms with van der Waals surface area (Å²) >= 11 is 6.09. The summed E-state index contributed by atoms with van der Waals surface area (Å²) in [7, 11) is 1.58. The maximum Gasteiger partial charge on any atom is 0.238 e. The van der Waals surface area contributed by atoms with Crippen LogP contribution in [0, 0.1) is 11.8 Å². The van der Waals surface area contributed by atoms with Gasteiger partial charge in [0.05, 0.1) is 18.7 Å². The van der Waals surface area contributed by atoms with Crippen molar-refractivity contribution in [2.45, 2.75) is 32.1 Å². The van der Waals surface area contributed by atoms with Crippen molar-refractivity contribution in [1.82, 2.24) is 4.90 Å². The second-order valence-corrected chi connectivity index (χ2v) is 7.13. The number of carbonyl (C=O) groups excluding carboxylic acids is 1. The molecule has 1 amide bonds. The number of ether oxygens (including phenoxy) is 1. The van der Waals surface area contributed by atoms with E-state index < -0.39 is 0 Å². The summed E-state index contributed by atoms with van der Waals surface area (Å²) in [4.78, 5) is 14.6. The molecule has 1 aliphatic carbocycles. The molecule has 3 rings (SSSR count). The number of nitrogens with one attached hydrogen (secondary N) is 1. The highest BCUT2D eigenvalue weighted by Gasteiger charge is 2.31. The zero-order valence-corrected chi connectivity index (χ0v) is 14.4. The van der Waals surface area contributed by atoms with E-state index in [9.17, 15) is 4.79 Å². The van der Waals surface area contributed by atoms with E-state index in [-0.39, 0.29) is 5.91 Å². The van der Waals surface area contributed by atoms with Gasteiger partial charge in [0, 0.05) is 12.2 Å². The molecule has 1 aromatic carbocycles. The van der Waals surface area contributed by atoms with Crippen molar-refractivity contribution in [1.29, 1.82) is 0 Å². The highest BCUT2D eigenvalue weighted by atomic mass is 35.5. The second-order valence-electron chi connectivity index (χ2n) is 6.73. The van der Waals surface area contributed by atoms with Crippen LogP contribution in [0.15, 0.2) is 18.2 Å². The smallest absolute Gasteiger partial charge is 0.238 e. The SMILES string of the molecule is COc1ccc(NC(=O)CN2CC[C@@H]3CCCC[C@H]3C2)cc1Cl. The first-order valence-electron chi connectivity index (χ1n) is 8.51. The van der Waals surface area contributed by atoms with E-state index in [1.54, 1.807) is 19.2 Å². The number of benzene rings is 1. The van der Waals surface area contributed by atoms with Gasteiger partial charge in [0.15, 0.2) is 0 Å². The van der Waals surface area contributed by atoms with Crippen LogP contribution in [0.2, 0.25) is 5.02 Å². The number of hydrogen-bond donors (Lipinski definition) is 1. The normalized spacial score (nSPS) is 24.8. The molecule has 2 atom stereocenters. The van der Waals surface area contributed by atoms with E-state index >= 15 is 0 Å². The number of anilines is 1. The first-order valence-corrected chi connectivity index (χ1v) is 8.89. The Kier molecular flexibility index (Phi) is 5.44. The van der Waals surface area contributed by atoms with Crippen molar-refractivity contribution in [3.63, 3.8) is 0 Å². The van der Waals surface area contributed by atoms with Gasteiger partial charge in [-0.3, -0.25) is 9.69 Å². The number of amides is 1. The Morgan fingerprint density at radius 1 is 1.30 bits per heavy atom. The van der Waals surface area contributed by atoms with Gasteiger partial charge < -0.3 is 10.1 Å². The number of rotatable bonds is 4. The van der Waals surface area contributed by atoms with Gasteiger partial charge >= 0.3 is 0 Å². The molecule has 0 aromatic heterocycles. The van der Waals surface area contributed by atoms with E-state index in [1.165, 1.54) is 32.1 Å². The summed E-state index contributed by atoms with van der Waals surface area (Å²) < 4.78 is 5.12. The lowest BCUT2D eigenvalue weighted by atomic mass is 9.75. The van der Waals surface area contributed by atoms with Crippen LogP contribution in [0.3, 0.4) is 0 Å². The maximum atomic E-state index is 12.3. The van der Waals surface area contributed by atoms with E-state index in [2.05, 4.69) is 10.2 Å². The zero-order chi connectivity index (χ0) is 16.2. The van der Waals surface area contributed by atoms with Gasteiger partial charge in [0.1, 0.15) is 5.75 Å². The number of nitrogens with zero attached hydrogens (tertiary/aromatic N) is 1. The highest BCUT2D eigenvalue weighted by molar-refractivity contribution is 6.32. The van der Waals surface area contributed by atoms with Gasteiger partial charge in [-0.2, -0.15) is 0 Å². The molecule has 4 nitrogen and oxygen atoms in total. The lowest BCUT2D eigenvalue weighted by Crippen LogP contribution is -2.44. The number of likely N-dealkylation sites (tertiary alicyclic amines) is 1. The number of hydrogen-bond acceptors (Lipinski definition) is 3. The molecule has 0 unspecified atom stereocenters. The van der Waals surface area contributed by atoms with Crippen LogP contribution >= 0.6 is 11.6 Å². The minimum absolute atomic E-state index is 0.0282. The Morgan fingerprint density at radius 2 is 2.09 bits per heavy atom. The van der Waals surface area contributed by atoms with E-state index in [4.69, 9.17) is 16.3 Å². The molecule has 2 aliphatic rings. The molecule has 1 N–H and O–H groups in total. The Morgan fingerprint density at radius 3 is 2.83 bits per heavy atom. The van der Waals surface area contributed by atoms with Crippen molar-refractivity contribution in [2.75, 3.05) is 32.1 Å². The fraction of sp³-hybridized carbons (Fsp3) is 0.611. The summed E-state index contributed by atoms with van der Waals surface area (Å²) in [5.41, 5.74) is 0.716. The molecular formula is C18H25ClN2O2. The summed E-state index contributed by atoms with van der Waals surface area (Å²) in [5, 5.41) is 3.44. The largest absolute Gasteiger partial charge is 0.495 e. The van der Waals surface area contributed by atoms with E-state index in [1.807, 2.05) is 6.07 Å². The molecule has 2 fully saturated rings. The fourth-order valence-corrected chi connectivity index (χ4v) is 4.23. The third-order valence-electron chi connectivity index (χ3n) is 5.18. The summed E-state index contributed by atoms with van der Waals surface area (Å²) in [6, 6.07) is 5.31. The second kappa shape index (κ2) is 7.54. The van der Waals surface area contributed by atoms with Crippen molar-refractivity contribution in [3.05, 3.63) is 23.2 Å². The first kappa shape index (κ1) is 16.6. The molecule has 1 heterocycles. The number of methoxy groups -OCH3 is 1. The third kappa shape index (κ3) is 4.18. The molecule has 1 aliphatic heterocycles.